The van der Waals surface area contributed by atoms with Crippen LogP contribution in [0.1, 0.15) is 12.1 Å². The monoisotopic (exact) mass is 218 g/mol. The average Bonchev–Trinajstić information content (AvgIpc) is 2.80. The van der Waals surface area contributed by atoms with E-state index in [1.54, 1.807) is 0 Å². The smallest absolute Gasteiger partial charge is 0.0571 e. The van der Waals surface area contributed by atoms with Gasteiger partial charge in [-0.25, -0.2) is 0 Å². The Kier molecular flexibility index (Phi) is 2.03. The highest BCUT2D eigenvalue weighted by molar-refractivity contribution is 6.30. The SMILES string of the molecule is Clc1ccc(-c2cnn3c2CCC3)cc1. The van der Waals surface area contributed by atoms with E-state index < -0.39 is 0 Å². The molecule has 0 spiro atoms. The third-order valence-corrected chi connectivity index (χ3v) is 3.14. The van der Waals surface area contributed by atoms with Crippen LogP contribution in [0.5, 0.6) is 0 Å². The molecule has 0 radical (unpaired) electrons. The first kappa shape index (κ1) is 8.98. The van der Waals surface area contributed by atoms with Crippen LogP contribution in [0.4, 0.5) is 0 Å². The fourth-order valence-corrected chi connectivity index (χ4v) is 2.26. The zero-order chi connectivity index (χ0) is 10.3. The fraction of sp³-hybridized carbons (Fsp3) is 0.250. The lowest BCUT2D eigenvalue weighted by molar-refractivity contribution is 0.656. The normalized spacial score (nSPS) is 14.2. The lowest BCUT2D eigenvalue weighted by Crippen LogP contribution is -1.93. The van der Waals surface area contributed by atoms with Crippen molar-refractivity contribution >= 4 is 11.6 Å². The van der Waals surface area contributed by atoms with E-state index in [0.29, 0.717) is 0 Å². The van der Waals surface area contributed by atoms with Gasteiger partial charge in [-0.2, -0.15) is 5.10 Å². The van der Waals surface area contributed by atoms with Crippen molar-refractivity contribution in [3.8, 4) is 11.1 Å². The third kappa shape index (κ3) is 1.45. The highest BCUT2D eigenvalue weighted by atomic mass is 35.5. The number of benzene rings is 1. The topological polar surface area (TPSA) is 17.8 Å². The molecule has 3 rings (SSSR count). The number of nitrogens with zero attached hydrogens (tertiary/aromatic N) is 2. The number of hydrogen-bond donors (Lipinski definition) is 0. The summed E-state index contributed by atoms with van der Waals surface area (Å²) >= 11 is 5.87. The molecule has 76 valence electrons. The number of halogens is 1. The van der Waals surface area contributed by atoms with Gasteiger partial charge in [-0.1, -0.05) is 23.7 Å². The van der Waals surface area contributed by atoms with Crippen molar-refractivity contribution in [2.45, 2.75) is 19.4 Å². The molecule has 0 saturated heterocycles. The predicted octanol–water partition coefficient (Wildman–Crippen LogP) is 3.15. The minimum absolute atomic E-state index is 0.780. The Labute approximate surface area is 93.5 Å². The molecule has 0 N–H and O–H groups in total. The molecule has 1 aromatic carbocycles. The van der Waals surface area contributed by atoms with Crippen molar-refractivity contribution in [2.75, 3.05) is 0 Å². The lowest BCUT2D eigenvalue weighted by atomic mass is 10.1. The minimum atomic E-state index is 0.780. The highest BCUT2D eigenvalue weighted by Gasteiger charge is 2.16. The van der Waals surface area contributed by atoms with E-state index in [9.17, 15) is 0 Å². The Morgan fingerprint density at radius 2 is 2.00 bits per heavy atom. The molecule has 15 heavy (non-hydrogen) atoms. The van der Waals surface area contributed by atoms with Crippen LogP contribution < -0.4 is 0 Å². The van der Waals surface area contributed by atoms with Gasteiger partial charge in [0.05, 0.1) is 6.20 Å². The molecule has 2 nitrogen and oxygen atoms in total. The average molecular weight is 219 g/mol. The van der Waals surface area contributed by atoms with E-state index in [1.165, 1.54) is 23.2 Å². The van der Waals surface area contributed by atoms with Crippen LogP contribution in [0, 0.1) is 0 Å². The molecule has 0 fully saturated rings. The van der Waals surface area contributed by atoms with Gasteiger partial charge in [-0.05, 0) is 30.5 Å². The summed E-state index contributed by atoms with van der Waals surface area (Å²) in [6, 6.07) is 7.96. The Morgan fingerprint density at radius 3 is 2.80 bits per heavy atom. The van der Waals surface area contributed by atoms with Crippen molar-refractivity contribution in [3.63, 3.8) is 0 Å². The van der Waals surface area contributed by atoms with Gasteiger partial charge in [0, 0.05) is 22.8 Å². The number of rotatable bonds is 1. The first-order chi connectivity index (χ1) is 7.34. The Morgan fingerprint density at radius 1 is 1.20 bits per heavy atom. The standard InChI is InChI=1S/C12H11ClN2/c13-10-5-3-9(4-6-10)11-8-14-15-7-1-2-12(11)15/h3-6,8H,1-2,7H2. The molecule has 0 amide bonds. The van der Waals surface area contributed by atoms with Gasteiger partial charge >= 0.3 is 0 Å². The van der Waals surface area contributed by atoms with Crippen molar-refractivity contribution in [1.82, 2.24) is 9.78 Å². The van der Waals surface area contributed by atoms with E-state index in [4.69, 9.17) is 11.6 Å². The molecule has 0 saturated carbocycles. The van der Waals surface area contributed by atoms with E-state index in [2.05, 4.69) is 21.9 Å². The van der Waals surface area contributed by atoms with Crippen molar-refractivity contribution in [2.24, 2.45) is 0 Å². The third-order valence-electron chi connectivity index (χ3n) is 2.89. The van der Waals surface area contributed by atoms with Crippen LogP contribution in [0.25, 0.3) is 11.1 Å². The van der Waals surface area contributed by atoms with Crippen molar-refractivity contribution < 1.29 is 0 Å². The summed E-state index contributed by atoms with van der Waals surface area (Å²) in [5.74, 6) is 0. The van der Waals surface area contributed by atoms with Crippen LogP contribution in [0.2, 0.25) is 5.02 Å². The zero-order valence-electron chi connectivity index (χ0n) is 8.28. The first-order valence-electron chi connectivity index (χ1n) is 5.15. The van der Waals surface area contributed by atoms with Crippen LogP contribution in [-0.4, -0.2) is 9.78 Å². The second-order valence-corrected chi connectivity index (χ2v) is 4.27. The van der Waals surface area contributed by atoms with Crippen molar-refractivity contribution in [1.29, 1.82) is 0 Å². The number of aryl methyl sites for hydroxylation is 1. The van der Waals surface area contributed by atoms with E-state index in [0.717, 1.165) is 18.0 Å². The van der Waals surface area contributed by atoms with E-state index in [1.807, 2.05) is 18.3 Å². The molecule has 1 aromatic heterocycles. The molecule has 3 heteroatoms. The molecule has 0 atom stereocenters. The fourth-order valence-electron chi connectivity index (χ4n) is 2.13. The zero-order valence-corrected chi connectivity index (χ0v) is 9.04. The van der Waals surface area contributed by atoms with Gasteiger partial charge in [0.25, 0.3) is 0 Å². The molecular formula is C12H11ClN2. The molecule has 0 unspecified atom stereocenters. The minimum Gasteiger partial charge on any atom is -0.269 e. The van der Waals surface area contributed by atoms with Gasteiger partial charge in [-0.3, -0.25) is 4.68 Å². The molecule has 1 aliphatic rings. The van der Waals surface area contributed by atoms with Gasteiger partial charge in [0.2, 0.25) is 0 Å². The Hall–Kier alpha value is -1.28. The van der Waals surface area contributed by atoms with Crippen LogP contribution in [0.15, 0.2) is 30.5 Å². The lowest BCUT2D eigenvalue weighted by Gasteiger charge is -2.00. The number of aromatic nitrogens is 2. The summed E-state index contributed by atoms with van der Waals surface area (Å²) < 4.78 is 2.10. The van der Waals surface area contributed by atoms with E-state index in [-0.39, 0.29) is 0 Å². The Balaban J connectivity index is 2.09. The predicted molar refractivity (Wildman–Crippen MR) is 61.0 cm³/mol. The van der Waals surface area contributed by atoms with Gasteiger partial charge < -0.3 is 0 Å². The highest BCUT2D eigenvalue weighted by Crippen LogP contribution is 2.28. The summed E-state index contributed by atoms with van der Waals surface area (Å²) in [6.07, 6.45) is 4.31. The summed E-state index contributed by atoms with van der Waals surface area (Å²) in [7, 11) is 0. The maximum Gasteiger partial charge on any atom is 0.0571 e. The molecule has 0 aliphatic carbocycles. The second-order valence-electron chi connectivity index (χ2n) is 3.84. The molecular weight excluding hydrogens is 208 g/mol. The van der Waals surface area contributed by atoms with Crippen LogP contribution in [-0.2, 0) is 13.0 Å². The second kappa shape index (κ2) is 3.38. The van der Waals surface area contributed by atoms with E-state index >= 15 is 0 Å². The van der Waals surface area contributed by atoms with Crippen LogP contribution >= 0.6 is 11.6 Å². The molecule has 2 heterocycles. The summed E-state index contributed by atoms with van der Waals surface area (Å²) in [4.78, 5) is 0. The summed E-state index contributed by atoms with van der Waals surface area (Å²) in [5, 5.41) is 5.16. The summed E-state index contributed by atoms with van der Waals surface area (Å²) in [5.41, 5.74) is 3.82. The van der Waals surface area contributed by atoms with Gasteiger partial charge in [0.1, 0.15) is 0 Å². The summed E-state index contributed by atoms with van der Waals surface area (Å²) in [6.45, 7) is 1.06. The molecule has 1 aliphatic heterocycles. The first-order valence-corrected chi connectivity index (χ1v) is 5.53. The van der Waals surface area contributed by atoms with Gasteiger partial charge in [-0.15, -0.1) is 0 Å². The maximum absolute atomic E-state index is 5.87. The van der Waals surface area contributed by atoms with Crippen molar-refractivity contribution in [3.05, 3.63) is 41.2 Å². The quantitative estimate of drug-likeness (QED) is 0.719. The largest absolute Gasteiger partial charge is 0.269 e. The molecule has 2 aromatic rings. The number of hydrogen-bond acceptors (Lipinski definition) is 1. The van der Waals surface area contributed by atoms with Crippen LogP contribution in [0.3, 0.4) is 0 Å². The van der Waals surface area contributed by atoms with Gasteiger partial charge in [0.15, 0.2) is 0 Å². The number of fused-ring (bicyclic) bond motifs is 1. The Bertz CT molecular complexity index is 485. The molecule has 0 bridgehead atoms. The maximum atomic E-state index is 5.87.